The molecular formula is C19H34N2O2. The topological polar surface area (TPSA) is 49.4 Å². The number of nitrogens with zero attached hydrogens (tertiary/aromatic N) is 1. The average molecular weight is 322 g/mol. The van der Waals surface area contributed by atoms with Gasteiger partial charge in [-0.25, -0.2) is 0 Å². The van der Waals surface area contributed by atoms with Gasteiger partial charge in [0, 0.05) is 13.0 Å². The molecule has 0 radical (unpaired) electrons. The van der Waals surface area contributed by atoms with Crippen LogP contribution in [0.4, 0.5) is 0 Å². The first-order chi connectivity index (χ1) is 11.0. The molecule has 1 heterocycles. The fraction of sp³-hybridized carbons (Fsp3) is 0.895. The lowest BCUT2D eigenvalue weighted by molar-refractivity contribution is -0.143. The molecule has 1 aliphatic heterocycles. The molecule has 1 saturated carbocycles. The van der Waals surface area contributed by atoms with E-state index >= 15 is 0 Å². The van der Waals surface area contributed by atoms with Crippen molar-refractivity contribution in [2.24, 2.45) is 10.8 Å². The van der Waals surface area contributed by atoms with Gasteiger partial charge in [0.1, 0.15) is 0 Å². The van der Waals surface area contributed by atoms with E-state index in [0.29, 0.717) is 18.4 Å². The van der Waals surface area contributed by atoms with Crippen molar-refractivity contribution in [2.75, 3.05) is 20.1 Å². The van der Waals surface area contributed by atoms with E-state index in [-0.39, 0.29) is 17.2 Å². The van der Waals surface area contributed by atoms with E-state index in [1.807, 2.05) is 7.05 Å². The number of carbonyl (C=O) groups is 2. The number of hydrogen-bond donors (Lipinski definition) is 1. The summed E-state index contributed by atoms with van der Waals surface area (Å²) in [6, 6.07) is 0. The molecule has 4 heteroatoms. The second-order valence-electron chi connectivity index (χ2n) is 7.76. The van der Waals surface area contributed by atoms with Gasteiger partial charge in [-0.05, 0) is 64.0 Å². The van der Waals surface area contributed by atoms with Gasteiger partial charge in [-0.2, -0.15) is 0 Å². The third-order valence-electron chi connectivity index (χ3n) is 6.13. The zero-order valence-electron chi connectivity index (χ0n) is 15.2. The van der Waals surface area contributed by atoms with Crippen LogP contribution >= 0.6 is 0 Å². The minimum Gasteiger partial charge on any atom is -0.320 e. The van der Waals surface area contributed by atoms with E-state index in [0.717, 1.165) is 38.6 Å². The molecule has 2 amide bonds. The van der Waals surface area contributed by atoms with Gasteiger partial charge < -0.3 is 5.32 Å². The third-order valence-corrected chi connectivity index (χ3v) is 6.13. The van der Waals surface area contributed by atoms with Crippen molar-refractivity contribution in [2.45, 2.75) is 78.1 Å². The molecule has 0 aromatic carbocycles. The maximum Gasteiger partial charge on any atom is 0.235 e. The molecule has 23 heavy (non-hydrogen) atoms. The molecule has 1 saturated heterocycles. The van der Waals surface area contributed by atoms with Gasteiger partial charge in [0.15, 0.2) is 0 Å². The van der Waals surface area contributed by atoms with Crippen LogP contribution in [0.5, 0.6) is 0 Å². The largest absolute Gasteiger partial charge is 0.320 e. The summed E-state index contributed by atoms with van der Waals surface area (Å²) in [5.74, 6) is 0.185. The molecule has 2 aliphatic rings. The van der Waals surface area contributed by atoms with E-state index in [9.17, 15) is 9.59 Å². The Morgan fingerprint density at radius 3 is 2.17 bits per heavy atom. The molecule has 1 spiro atoms. The summed E-state index contributed by atoms with van der Waals surface area (Å²) in [5, 5.41) is 3.08. The number of hydrogen-bond acceptors (Lipinski definition) is 3. The Kier molecular flexibility index (Phi) is 6.24. The van der Waals surface area contributed by atoms with Crippen molar-refractivity contribution in [3.8, 4) is 0 Å². The predicted molar refractivity (Wildman–Crippen MR) is 93.0 cm³/mol. The number of rotatable bonds is 8. The first-order valence-corrected chi connectivity index (χ1v) is 9.52. The minimum atomic E-state index is -0.359. The second kappa shape index (κ2) is 7.78. The van der Waals surface area contributed by atoms with Crippen molar-refractivity contribution < 1.29 is 9.59 Å². The second-order valence-corrected chi connectivity index (χ2v) is 7.76. The third kappa shape index (κ3) is 3.78. The number of amides is 2. The highest BCUT2D eigenvalue weighted by Gasteiger charge is 2.54. The first-order valence-electron chi connectivity index (χ1n) is 9.52. The summed E-state index contributed by atoms with van der Waals surface area (Å²) in [5.41, 5.74) is 0.0688. The highest BCUT2D eigenvalue weighted by Crippen LogP contribution is 2.54. The van der Waals surface area contributed by atoms with E-state index in [1.54, 1.807) is 4.90 Å². The van der Waals surface area contributed by atoms with Gasteiger partial charge in [0.05, 0.1) is 5.41 Å². The predicted octanol–water partition coefficient (Wildman–Crippen LogP) is 3.50. The van der Waals surface area contributed by atoms with Crippen LogP contribution in [0, 0.1) is 10.8 Å². The van der Waals surface area contributed by atoms with E-state index in [1.165, 1.54) is 25.7 Å². The zero-order valence-corrected chi connectivity index (χ0v) is 15.2. The quantitative estimate of drug-likeness (QED) is 0.549. The SMILES string of the molecule is CCCC1(CCC)CCC2(CC1)CC(=O)N(CCCNC)C2=O. The summed E-state index contributed by atoms with van der Waals surface area (Å²) < 4.78 is 0. The van der Waals surface area contributed by atoms with Gasteiger partial charge >= 0.3 is 0 Å². The molecule has 1 aliphatic carbocycles. The van der Waals surface area contributed by atoms with Crippen LogP contribution in [-0.2, 0) is 9.59 Å². The average Bonchev–Trinajstić information content (AvgIpc) is 2.76. The van der Waals surface area contributed by atoms with Crippen molar-refractivity contribution in [3.63, 3.8) is 0 Å². The van der Waals surface area contributed by atoms with Crippen LogP contribution < -0.4 is 5.32 Å². The fourth-order valence-electron chi connectivity index (χ4n) is 4.84. The monoisotopic (exact) mass is 322 g/mol. The molecule has 0 aromatic rings. The maximum atomic E-state index is 12.9. The molecule has 132 valence electrons. The van der Waals surface area contributed by atoms with Gasteiger partial charge in [0.25, 0.3) is 0 Å². The number of imide groups is 1. The first kappa shape index (κ1) is 18.4. The van der Waals surface area contributed by atoms with E-state index in [4.69, 9.17) is 0 Å². The Hall–Kier alpha value is -0.900. The standard InChI is InChI=1S/C19H34N2O2/c1-4-7-18(8-5-2)9-11-19(12-10-18)15-16(22)21(17(19)23)14-6-13-20-3/h20H,4-15H2,1-3H3. The van der Waals surface area contributed by atoms with Gasteiger partial charge in [-0.15, -0.1) is 0 Å². The van der Waals surface area contributed by atoms with Crippen molar-refractivity contribution in [1.29, 1.82) is 0 Å². The van der Waals surface area contributed by atoms with Crippen LogP contribution in [0.2, 0.25) is 0 Å². The summed E-state index contributed by atoms with van der Waals surface area (Å²) in [6.45, 7) is 5.94. The van der Waals surface area contributed by atoms with Gasteiger partial charge in [-0.3, -0.25) is 14.5 Å². The number of nitrogens with one attached hydrogen (secondary N) is 1. The van der Waals surface area contributed by atoms with Crippen molar-refractivity contribution >= 4 is 11.8 Å². The Morgan fingerprint density at radius 1 is 1.04 bits per heavy atom. The van der Waals surface area contributed by atoms with Crippen LogP contribution in [-0.4, -0.2) is 36.9 Å². The summed E-state index contributed by atoms with van der Waals surface area (Å²) >= 11 is 0. The van der Waals surface area contributed by atoms with E-state index in [2.05, 4.69) is 19.2 Å². The van der Waals surface area contributed by atoms with Gasteiger partial charge in [0.2, 0.25) is 11.8 Å². The lowest BCUT2D eigenvalue weighted by Crippen LogP contribution is -2.41. The zero-order chi connectivity index (χ0) is 16.9. The summed E-state index contributed by atoms with van der Waals surface area (Å²) in [7, 11) is 1.90. The summed E-state index contributed by atoms with van der Waals surface area (Å²) in [4.78, 5) is 26.8. The van der Waals surface area contributed by atoms with Crippen LogP contribution in [0.3, 0.4) is 0 Å². The normalized spacial score (nSPS) is 23.0. The Bertz CT molecular complexity index is 417. The molecule has 4 nitrogen and oxygen atoms in total. The molecule has 0 unspecified atom stereocenters. The highest BCUT2D eigenvalue weighted by atomic mass is 16.2. The molecule has 1 N–H and O–H groups in total. The number of carbonyl (C=O) groups excluding carboxylic acids is 2. The molecular weight excluding hydrogens is 288 g/mol. The van der Waals surface area contributed by atoms with Crippen LogP contribution in [0.15, 0.2) is 0 Å². The molecule has 0 bridgehead atoms. The maximum absolute atomic E-state index is 12.9. The molecule has 0 aromatic heterocycles. The van der Waals surface area contributed by atoms with Crippen LogP contribution in [0.25, 0.3) is 0 Å². The minimum absolute atomic E-state index is 0.0598. The highest BCUT2D eigenvalue weighted by molar-refractivity contribution is 6.05. The smallest absolute Gasteiger partial charge is 0.235 e. The van der Waals surface area contributed by atoms with Crippen molar-refractivity contribution in [3.05, 3.63) is 0 Å². The fourth-order valence-corrected chi connectivity index (χ4v) is 4.84. The number of likely N-dealkylation sites (tertiary alicyclic amines) is 1. The van der Waals surface area contributed by atoms with E-state index < -0.39 is 0 Å². The molecule has 2 fully saturated rings. The lowest BCUT2D eigenvalue weighted by atomic mass is 9.60. The summed E-state index contributed by atoms with van der Waals surface area (Å²) in [6.07, 6.45) is 10.4. The Labute approximate surface area is 141 Å². The molecule has 0 atom stereocenters. The van der Waals surface area contributed by atoms with Gasteiger partial charge in [-0.1, -0.05) is 26.7 Å². The Morgan fingerprint density at radius 2 is 1.65 bits per heavy atom. The lowest BCUT2D eigenvalue weighted by Gasteiger charge is -2.44. The molecule has 2 rings (SSSR count). The van der Waals surface area contributed by atoms with Crippen LogP contribution in [0.1, 0.15) is 78.1 Å². The Balaban J connectivity index is 2.02. The van der Waals surface area contributed by atoms with Crippen molar-refractivity contribution in [1.82, 2.24) is 10.2 Å².